The molecule has 3 atom stereocenters. The van der Waals surface area contributed by atoms with Crippen LogP contribution in [0.25, 0.3) is 0 Å². The van der Waals surface area contributed by atoms with Crippen molar-refractivity contribution in [3.63, 3.8) is 0 Å². The molecule has 2 fully saturated rings. The van der Waals surface area contributed by atoms with E-state index >= 15 is 0 Å². The molecule has 0 unspecified atom stereocenters. The van der Waals surface area contributed by atoms with Crippen molar-refractivity contribution in [2.24, 2.45) is 5.92 Å². The van der Waals surface area contributed by atoms with Gasteiger partial charge >= 0.3 is 0 Å². The Hall–Kier alpha value is -0.910. The summed E-state index contributed by atoms with van der Waals surface area (Å²) in [5, 5.41) is 0. The van der Waals surface area contributed by atoms with E-state index in [0.29, 0.717) is 23.9 Å². The van der Waals surface area contributed by atoms with Gasteiger partial charge in [-0.2, -0.15) is 8.42 Å². The SMILES string of the molecule is O=S(=O)(O)CCN1CC[C@]23CCCC[C@H]2[C@H]1Cc1ccccc13. The van der Waals surface area contributed by atoms with E-state index in [1.165, 1.54) is 31.2 Å². The van der Waals surface area contributed by atoms with E-state index < -0.39 is 10.1 Å². The van der Waals surface area contributed by atoms with Gasteiger partial charge in [0.15, 0.2) is 0 Å². The minimum Gasteiger partial charge on any atom is -0.299 e. The largest absolute Gasteiger partial charge is 0.299 e. The molecule has 1 aliphatic heterocycles. The number of piperidine rings is 1. The van der Waals surface area contributed by atoms with Gasteiger partial charge in [-0.25, -0.2) is 0 Å². The smallest absolute Gasteiger partial charge is 0.266 e. The average molecular weight is 335 g/mol. The second kappa shape index (κ2) is 5.57. The molecule has 1 N–H and O–H groups in total. The molecule has 4 nitrogen and oxygen atoms in total. The van der Waals surface area contributed by atoms with Crippen LogP contribution in [0.5, 0.6) is 0 Å². The first-order chi connectivity index (χ1) is 11.0. The number of fused-ring (bicyclic) bond motifs is 1. The molecule has 0 aromatic heterocycles. The van der Waals surface area contributed by atoms with E-state index in [-0.39, 0.29) is 5.75 Å². The maximum Gasteiger partial charge on any atom is 0.266 e. The van der Waals surface area contributed by atoms with Gasteiger partial charge in [0.1, 0.15) is 0 Å². The van der Waals surface area contributed by atoms with Gasteiger partial charge < -0.3 is 0 Å². The molecule has 1 heterocycles. The summed E-state index contributed by atoms with van der Waals surface area (Å²) in [6.07, 6.45) is 7.27. The maximum absolute atomic E-state index is 11.2. The molecule has 1 aromatic rings. The van der Waals surface area contributed by atoms with Crippen LogP contribution >= 0.6 is 0 Å². The highest BCUT2D eigenvalue weighted by Crippen LogP contribution is 2.55. The van der Waals surface area contributed by atoms with Gasteiger partial charge in [0.25, 0.3) is 10.1 Å². The van der Waals surface area contributed by atoms with Gasteiger partial charge in [0.2, 0.25) is 0 Å². The van der Waals surface area contributed by atoms with Crippen molar-refractivity contribution in [1.29, 1.82) is 0 Å². The van der Waals surface area contributed by atoms with Crippen LogP contribution in [0.3, 0.4) is 0 Å². The third kappa shape index (κ3) is 2.63. The van der Waals surface area contributed by atoms with Crippen LogP contribution in [-0.2, 0) is 22.0 Å². The lowest BCUT2D eigenvalue weighted by Crippen LogP contribution is -2.61. The number of hydrogen-bond acceptors (Lipinski definition) is 3. The van der Waals surface area contributed by atoms with Gasteiger partial charge in [-0.05, 0) is 49.3 Å². The summed E-state index contributed by atoms with van der Waals surface area (Å²) in [6, 6.07) is 9.31. The fourth-order valence-corrected chi connectivity index (χ4v) is 6.03. The Kier molecular flexibility index (Phi) is 3.78. The topological polar surface area (TPSA) is 57.6 Å². The second-order valence-electron chi connectivity index (χ2n) is 7.51. The standard InChI is InChI=1S/C18H25NO3S/c20-23(21,22)12-11-19-10-9-18-8-4-3-7-16(18)17(19)13-14-5-1-2-6-15(14)18/h1-2,5-6,16-17H,3-4,7-13H2,(H,20,21,22)/t16-,17+,18-/m0/s1. The quantitative estimate of drug-likeness (QED) is 0.863. The summed E-state index contributed by atoms with van der Waals surface area (Å²) < 4.78 is 31.4. The minimum absolute atomic E-state index is 0.148. The third-order valence-corrected chi connectivity index (χ3v) is 7.19. The highest BCUT2D eigenvalue weighted by atomic mass is 32.2. The normalized spacial score (nSPS) is 33.8. The van der Waals surface area contributed by atoms with E-state index in [9.17, 15) is 8.42 Å². The minimum atomic E-state index is -3.88. The monoisotopic (exact) mass is 335 g/mol. The predicted molar refractivity (Wildman–Crippen MR) is 90.2 cm³/mol. The zero-order chi connectivity index (χ0) is 16.1. The van der Waals surface area contributed by atoms with Gasteiger partial charge in [-0.15, -0.1) is 0 Å². The molecule has 23 heavy (non-hydrogen) atoms. The van der Waals surface area contributed by atoms with Crippen LogP contribution in [-0.4, -0.2) is 42.8 Å². The molecule has 0 radical (unpaired) electrons. The Morgan fingerprint density at radius 1 is 1.22 bits per heavy atom. The number of rotatable bonds is 3. The fraction of sp³-hybridized carbons (Fsp3) is 0.667. The van der Waals surface area contributed by atoms with Crippen LogP contribution in [0, 0.1) is 5.92 Å². The van der Waals surface area contributed by atoms with Crippen molar-refractivity contribution < 1.29 is 13.0 Å². The van der Waals surface area contributed by atoms with Crippen LogP contribution in [0.15, 0.2) is 24.3 Å². The number of nitrogens with zero attached hydrogens (tertiary/aromatic N) is 1. The van der Waals surface area contributed by atoms with E-state index in [1.807, 2.05) is 0 Å². The molecule has 0 spiro atoms. The molecular formula is C18H25NO3S. The van der Waals surface area contributed by atoms with Crippen LogP contribution in [0.1, 0.15) is 43.2 Å². The van der Waals surface area contributed by atoms with Gasteiger partial charge in [0, 0.05) is 18.0 Å². The van der Waals surface area contributed by atoms with E-state index in [0.717, 1.165) is 19.4 Å². The van der Waals surface area contributed by atoms with Crippen LogP contribution in [0.4, 0.5) is 0 Å². The van der Waals surface area contributed by atoms with Crippen molar-refractivity contribution in [3.05, 3.63) is 35.4 Å². The Morgan fingerprint density at radius 3 is 2.87 bits per heavy atom. The average Bonchev–Trinajstić information content (AvgIpc) is 2.53. The first kappa shape index (κ1) is 15.6. The van der Waals surface area contributed by atoms with Crippen molar-refractivity contribution in [1.82, 2.24) is 4.90 Å². The summed E-state index contributed by atoms with van der Waals surface area (Å²) in [4.78, 5) is 2.33. The highest BCUT2D eigenvalue weighted by Gasteiger charge is 2.53. The van der Waals surface area contributed by atoms with Gasteiger partial charge in [0.05, 0.1) is 5.75 Å². The van der Waals surface area contributed by atoms with Crippen molar-refractivity contribution in [2.45, 2.75) is 50.0 Å². The Balaban J connectivity index is 1.69. The summed E-state index contributed by atoms with van der Waals surface area (Å²) in [5.41, 5.74) is 3.33. The second-order valence-corrected chi connectivity index (χ2v) is 9.08. The fourth-order valence-electron chi connectivity index (χ4n) is 5.56. The van der Waals surface area contributed by atoms with Crippen molar-refractivity contribution in [3.8, 4) is 0 Å². The molecule has 3 aliphatic rings. The highest BCUT2D eigenvalue weighted by molar-refractivity contribution is 7.85. The zero-order valence-electron chi connectivity index (χ0n) is 13.4. The molecular weight excluding hydrogens is 310 g/mol. The molecule has 0 amide bonds. The number of hydrogen-bond donors (Lipinski definition) is 1. The molecule has 4 rings (SSSR count). The zero-order valence-corrected chi connectivity index (χ0v) is 14.3. The lowest BCUT2D eigenvalue weighted by atomic mass is 9.52. The summed E-state index contributed by atoms with van der Waals surface area (Å²) in [6.45, 7) is 1.41. The molecule has 1 saturated heterocycles. The first-order valence-electron chi connectivity index (χ1n) is 8.77. The summed E-state index contributed by atoms with van der Waals surface area (Å²) in [7, 11) is -3.88. The summed E-state index contributed by atoms with van der Waals surface area (Å²) in [5.74, 6) is 0.492. The molecule has 5 heteroatoms. The van der Waals surface area contributed by atoms with E-state index in [1.54, 1.807) is 5.56 Å². The van der Waals surface area contributed by atoms with E-state index in [2.05, 4.69) is 29.2 Å². The van der Waals surface area contributed by atoms with Crippen LogP contribution in [0.2, 0.25) is 0 Å². The predicted octanol–water partition coefficient (Wildman–Crippen LogP) is 2.63. The third-order valence-electron chi connectivity index (χ3n) is 6.50. The van der Waals surface area contributed by atoms with Crippen LogP contribution < -0.4 is 0 Å². The molecule has 1 aromatic carbocycles. The molecule has 126 valence electrons. The van der Waals surface area contributed by atoms with E-state index in [4.69, 9.17) is 4.55 Å². The lowest BCUT2D eigenvalue weighted by Gasteiger charge is -2.59. The molecule has 2 aliphatic carbocycles. The number of benzene rings is 1. The van der Waals surface area contributed by atoms with Gasteiger partial charge in [-0.3, -0.25) is 9.45 Å². The first-order valence-corrected chi connectivity index (χ1v) is 10.4. The maximum atomic E-state index is 11.2. The van der Waals surface area contributed by atoms with Gasteiger partial charge in [-0.1, -0.05) is 37.1 Å². The number of likely N-dealkylation sites (tertiary alicyclic amines) is 1. The molecule has 2 bridgehead atoms. The van der Waals surface area contributed by atoms with Crippen molar-refractivity contribution in [2.75, 3.05) is 18.8 Å². The Labute approximate surface area is 138 Å². The summed E-state index contributed by atoms with van der Waals surface area (Å²) >= 11 is 0. The lowest BCUT2D eigenvalue weighted by molar-refractivity contribution is -0.00810. The molecule has 1 saturated carbocycles. The Morgan fingerprint density at radius 2 is 2.04 bits per heavy atom. The van der Waals surface area contributed by atoms with Crippen molar-refractivity contribution >= 4 is 10.1 Å². The Bertz CT molecular complexity index is 702.